The summed E-state index contributed by atoms with van der Waals surface area (Å²) in [5.41, 5.74) is 0. The van der Waals surface area contributed by atoms with Crippen molar-refractivity contribution in [3.8, 4) is 0 Å². The van der Waals surface area contributed by atoms with E-state index in [0.717, 1.165) is 0 Å². The van der Waals surface area contributed by atoms with E-state index in [-0.39, 0.29) is 29.7 Å². The zero-order valence-corrected chi connectivity index (χ0v) is 8.68. The van der Waals surface area contributed by atoms with Gasteiger partial charge in [-0.2, -0.15) is 5.10 Å². The number of aromatic nitrogens is 2. The Morgan fingerprint density at radius 1 is 0.733 bits per heavy atom. The van der Waals surface area contributed by atoms with Crippen LogP contribution in [0.25, 0.3) is 0 Å². The number of nitrogens with zero attached hydrogens (tertiary/aromatic N) is 1. The Hall–Kier alpha value is -0.790. The number of rotatable bonds is 0. The summed E-state index contributed by atoms with van der Waals surface area (Å²) in [6.45, 7) is 12.0. The fourth-order valence-electron chi connectivity index (χ4n) is 0.215. The molecule has 1 N–H and O–H groups in total. The van der Waals surface area contributed by atoms with E-state index in [2.05, 4.69) is 10.2 Å². The molecule has 0 aliphatic carbocycles. The van der Waals surface area contributed by atoms with Crippen LogP contribution in [0.1, 0.15) is 71.2 Å². The van der Waals surface area contributed by atoms with E-state index in [1.165, 1.54) is 0 Å². The lowest BCUT2D eigenvalue weighted by molar-refractivity contribution is 1.09. The molecule has 15 heavy (non-hydrogen) atoms. The maximum atomic E-state index is 3.60. The lowest BCUT2D eigenvalue weighted by Crippen LogP contribution is -1.53. The first kappa shape index (κ1) is 47.7. The van der Waals surface area contributed by atoms with E-state index in [0.29, 0.717) is 0 Å². The van der Waals surface area contributed by atoms with Crippen LogP contribution < -0.4 is 0 Å². The minimum absolute atomic E-state index is 0. The number of nitrogens with one attached hydrogen (secondary N) is 1. The van der Waals surface area contributed by atoms with Gasteiger partial charge in [-0.05, 0) is 6.07 Å². The third-order valence-electron chi connectivity index (χ3n) is 0.406. The molecule has 0 saturated heterocycles. The van der Waals surface area contributed by atoms with Gasteiger partial charge in [0.1, 0.15) is 0 Å². The first-order chi connectivity index (χ1) is 5.50. The van der Waals surface area contributed by atoms with Crippen molar-refractivity contribution in [3.63, 3.8) is 0 Å². The third kappa shape index (κ3) is 93.7. The second-order valence-electron chi connectivity index (χ2n) is 0.766. The molecule has 1 aromatic heterocycles. The summed E-state index contributed by atoms with van der Waals surface area (Å²) in [7, 11) is 0. The molecular formula is C13H38N2. The predicted molar refractivity (Wildman–Crippen MR) is 79.6 cm³/mol. The molecule has 1 heterocycles. The monoisotopic (exact) mass is 222 g/mol. The van der Waals surface area contributed by atoms with Gasteiger partial charge in [-0.3, -0.25) is 5.10 Å². The van der Waals surface area contributed by atoms with Crippen molar-refractivity contribution in [2.75, 3.05) is 0 Å². The molecule has 0 radical (unpaired) electrons. The van der Waals surface area contributed by atoms with Gasteiger partial charge in [-0.1, -0.05) is 71.2 Å². The molecule has 0 aliphatic heterocycles. The molecule has 0 aliphatic rings. The number of H-pyrrole nitrogens is 1. The van der Waals surface area contributed by atoms with Gasteiger partial charge in [-0.25, -0.2) is 0 Å². The molecule has 0 saturated carbocycles. The van der Waals surface area contributed by atoms with E-state index in [1.54, 1.807) is 12.4 Å². The van der Waals surface area contributed by atoms with E-state index < -0.39 is 0 Å². The molecule has 0 spiro atoms. The van der Waals surface area contributed by atoms with Crippen LogP contribution in [0.2, 0.25) is 0 Å². The highest BCUT2D eigenvalue weighted by Crippen LogP contribution is 1.64. The minimum Gasteiger partial charge on any atom is -0.286 e. The quantitative estimate of drug-likeness (QED) is 0.570. The summed E-state index contributed by atoms with van der Waals surface area (Å²) in [4.78, 5) is 0. The first-order valence-corrected chi connectivity index (χ1v) is 4.44. The van der Waals surface area contributed by atoms with Crippen molar-refractivity contribution in [2.24, 2.45) is 0 Å². The first-order valence-electron chi connectivity index (χ1n) is 4.44. The molecule has 0 aromatic carbocycles. The zero-order valence-electron chi connectivity index (χ0n) is 8.68. The molecule has 0 amide bonds. The number of hydrogen-bond donors (Lipinski definition) is 1. The summed E-state index contributed by atoms with van der Waals surface area (Å²) in [6.07, 6.45) is 3.46. The fraction of sp³-hybridized carbons (Fsp3) is 0.769. The van der Waals surface area contributed by atoms with Gasteiger partial charge in [0.2, 0.25) is 0 Å². The molecule has 100 valence electrons. The van der Waals surface area contributed by atoms with Gasteiger partial charge < -0.3 is 0 Å². The topological polar surface area (TPSA) is 28.7 Å². The molecular weight excluding hydrogens is 184 g/mol. The Labute approximate surface area is 101 Å². The van der Waals surface area contributed by atoms with Crippen molar-refractivity contribution in [3.05, 3.63) is 18.5 Å². The molecule has 2 heteroatoms. The molecule has 1 rings (SSSR count). The molecule has 0 atom stereocenters. The zero-order chi connectivity index (χ0) is 9.54. The third-order valence-corrected chi connectivity index (χ3v) is 0.406. The normalized spacial score (nSPS) is 3.87. The Morgan fingerprint density at radius 2 is 1.07 bits per heavy atom. The second kappa shape index (κ2) is 111. The largest absolute Gasteiger partial charge is 0.286 e. The van der Waals surface area contributed by atoms with Crippen LogP contribution in [0.4, 0.5) is 0 Å². The minimum atomic E-state index is 0. The predicted octanol–water partition coefficient (Wildman–Crippen LogP) is 6.03. The standard InChI is InChI=1S/C3H4N2.3C2H6.4CH4/c1-2-4-5-3-1;3*1-2;;;;/h1-3H,(H,4,5);3*1-2H3;4*1H4. The highest BCUT2D eigenvalue weighted by Gasteiger charge is 1.56. The Balaban J connectivity index is -0.0000000117. The Kier molecular flexibility index (Phi) is 353. The average Bonchev–Trinajstić information content (AvgIpc) is 2.71. The molecule has 0 fully saturated rings. The lowest BCUT2D eigenvalue weighted by Gasteiger charge is -1.49. The van der Waals surface area contributed by atoms with Gasteiger partial charge in [0, 0.05) is 12.4 Å². The van der Waals surface area contributed by atoms with Gasteiger partial charge in [0.25, 0.3) is 0 Å². The Bertz CT molecular complexity index is 65.0. The number of aromatic amines is 1. The van der Waals surface area contributed by atoms with Crippen molar-refractivity contribution < 1.29 is 0 Å². The van der Waals surface area contributed by atoms with Crippen LogP contribution in [0, 0.1) is 0 Å². The van der Waals surface area contributed by atoms with Crippen molar-refractivity contribution >= 4 is 0 Å². The van der Waals surface area contributed by atoms with Gasteiger partial charge >= 0.3 is 0 Å². The molecule has 2 nitrogen and oxygen atoms in total. The van der Waals surface area contributed by atoms with Gasteiger partial charge in [-0.15, -0.1) is 0 Å². The van der Waals surface area contributed by atoms with Crippen LogP contribution in [0.3, 0.4) is 0 Å². The van der Waals surface area contributed by atoms with Crippen molar-refractivity contribution in [1.29, 1.82) is 0 Å². The van der Waals surface area contributed by atoms with Crippen LogP contribution in [-0.2, 0) is 0 Å². The van der Waals surface area contributed by atoms with E-state index in [1.807, 2.05) is 47.6 Å². The highest BCUT2D eigenvalue weighted by molar-refractivity contribution is 4.72. The van der Waals surface area contributed by atoms with Gasteiger partial charge in [0.15, 0.2) is 0 Å². The number of hydrogen-bond acceptors (Lipinski definition) is 1. The van der Waals surface area contributed by atoms with Gasteiger partial charge in [0.05, 0.1) is 0 Å². The highest BCUT2D eigenvalue weighted by atomic mass is 15.1. The summed E-state index contributed by atoms with van der Waals surface area (Å²) in [5.74, 6) is 0. The maximum Gasteiger partial charge on any atom is 0.0487 e. The molecule has 1 aromatic rings. The lowest BCUT2D eigenvalue weighted by atomic mass is 10.8. The SMILES string of the molecule is C.C.C.C.CC.CC.CC.c1cn[nH]c1. The van der Waals surface area contributed by atoms with Crippen LogP contribution >= 0.6 is 0 Å². The van der Waals surface area contributed by atoms with Crippen molar-refractivity contribution in [2.45, 2.75) is 71.2 Å². The summed E-state index contributed by atoms with van der Waals surface area (Å²) < 4.78 is 0. The smallest absolute Gasteiger partial charge is 0.0487 e. The van der Waals surface area contributed by atoms with Crippen LogP contribution in [-0.4, -0.2) is 10.2 Å². The van der Waals surface area contributed by atoms with E-state index >= 15 is 0 Å². The summed E-state index contributed by atoms with van der Waals surface area (Å²) >= 11 is 0. The maximum absolute atomic E-state index is 3.60. The molecule has 0 bridgehead atoms. The van der Waals surface area contributed by atoms with Crippen LogP contribution in [0.15, 0.2) is 18.5 Å². The van der Waals surface area contributed by atoms with Crippen LogP contribution in [0.5, 0.6) is 0 Å². The average molecular weight is 222 g/mol. The summed E-state index contributed by atoms with van der Waals surface area (Å²) in [6, 6.07) is 1.83. The second-order valence-corrected chi connectivity index (χ2v) is 0.766. The summed E-state index contributed by atoms with van der Waals surface area (Å²) in [5, 5.41) is 6.21. The van der Waals surface area contributed by atoms with E-state index in [4.69, 9.17) is 0 Å². The Morgan fingerprint density at radius 3 is 1.13 bits per heavy atom. The van der Waals surface area contributed by atoms with Crippen molar-refractivity contribution in [1.82, 2.24) is 10.2 Å². The molecule has 0 unspecified atom stereocenters. The fourth-order valence-corrected chi connectivity index (χ4v) is 0.215. The van der Waals surface area contributed by atoms with E-state index in [9.17, 15) is 0 Å².